The molecular formula is C19H18Br2N2O3. The monoisotopic (exact) mass is 480 g/mol. The van der Waals surface area contributed by atoms with Crippen molar-refractivity contribution < 1.29 is 9.47 Å². The van der Waals surface area contributed by atoms with Gasteiger partial charge in [-0.05, 0) is 70.8 Å². The Morgan fingerprint density at radius 2 is 1.92 bits per heavy atom. The quantitative estimate of drug-likeness (QED) is 0.536. The Kier molecular flexibility index (Phi) is 5.67. The third kappa shape index (κ3) is 3.64. The number of para-hydroxylation sites is 1. The molecule has 26 heavy (non-hydrogen) atoms. The number of ether oxygens (including phenoxy) is 2. The summed E-state index contributed by atoms with van der Waals surface area (Å²) in [5.74, 6) is 1.65. The SMILES string of the molecule is CCOc1cc(-c2nc3ccccc3c(=O)[nH]2)c(Br)c(Br)c1OC(C)C. The molecule has 3 aromatic rings. The second-order valence-electron chi connectivity index (χ2n) is 5.91. The molecule has 0 aliphatic heterocycles. The highest BCUT2D eigenvalue weighted by Crippen LogP contribution is 2.46. The number of H-pyrrole nitrogens is 1. The van der Waals surface area contributed by atoms with Crippen molar-refractivity contribution in [3.05, 3.63) is 49.6 Å². The van der Waals surface area contributed by atoms with Gasteiger partial charge in [-0.15, -0.1) is 0 Å². The number of nitrogens with zero attached hydrogens (tertiary/aromatic N) is 1. The van der Waals surface area contributed by atoms with Crippen molar-refractivity contribution in [2.24, 2.45) is 0 Å². The van der Waals surface area contributed by atoms with Crippen molar-refractivity contribution in [3.8, 4) is 22.9 Å². The van der Waals surface area contributed by atoms with E-state index in [9.17, 15) is 4.79 Å². The molecule has 3 rings (SSSR count). The van der Waals surface area contributed by atoms with E-state index in [1.54, 1.807) is 6.07 Å². The van der Waals surface area contributed by atoms with E-state index in [1.807, 2.05) is 45.0 Å². The van der Waals surface area contributed by atoms with Crippen LogP contribution in [0.1, 0.15) is 20.8 Å². The lowest BCUT2D eigenvalue weighted by molar-refractivity contribution is 0.222. The van der Waals surface area contributed by atoms with Gasteiger partial charge in [-0.3, -0.25) is 4.79 Å². The summed E-state index contributed by atoms with van der Waals surface area (Å²) < 4.78 is 13.1. The summed E-state index contributed by atoms with van der Waals surface area (Å²) in [5, 5.41) is 0.552. The Bertz CT molecular complexity index is 1020. The number of rotatable bonds is 5. The van der Waals surface area contributed by atoms with Crippen LogP contribution in [-0.2, 0) is 0 Å². The second kappa shape index (κ2) is 7.80. The van der Waals surface area contributed by atoms with Crippen molar-refractivity contribution in [2.45, 2.75) is 26.9 Å². The summed E-state index contributed by atoms with van der Waals surface area (Å²) in [6.07, 6.45) is -0.0122. The van der Waals surface area contributed by atoms with Gasteiger partial charge < -0.3 is 14.5 Å². The normalized spacial score (nSPS) is 11.2. The van der Waals surface area contributed by atoms with Crippen molar-refractivity contribution >= 4 is 42.8 Å². The topological polar surface area (TPSA) is 64.2 Å². The molecule has 1 heterocycles. The lowest BCUT2D eigenvalue weighted by atomic mass is 10.1. The molecule has 0 amide bonds. The van der Waals surface area contributed by atoms with Gasteiger partial charge in [-0.1, -0.05) is 12.1 Å². The first kappa shape index (κ1) is 18.9. The zero-order valence-electron chi connectivity index (χ0n) is 14.6. The van der Waals surface area contributed by atoms with E-state index in [0.29, 0.717) is 44.9 Å². The molecule has 0 atom stereocenters. The molecule has 0 unspecified atom stereocenters. The maximum atomic E-state index is 12.4. The van der Waals surface area contributed by atoms with Crippen molar-refractivity contribution in [3.63, 3.8) is 0 Å². The van der Waals surface area contributed by atoms with Gasteiger partial charge in [0.25, 0.3) is 5.56 Å². The van der Waals surface area contributed by atoms with Gasteiger partial charge in [0.1, 0.15) is 5.82 Å². The molecule has 0 fully saturated rings. The highest BCUT2D eigenvalue weighted by molar-refractivity contribution is 9.13. The van der Waals surface area contributed by atoms with Crippen LogP contribution in [0.2, 0.25) is 0 Å². The minimum Gasteiger partial charge on any atom is -0.490 e. The number of benzene rings is 2. The van der Waals surface area contributed by atoms with Crippen LogP contribution in [0.25, 0.3) is 22.3 Å². The first-order valence-electron chi connectivity index (χ1n) is 8.23. The Balaban J connectivity index is 2.23. The van der Waals surface area contributed by atoms with Crippen LogP contribution in [-0.4, -0.2) is 22.7 Å². The zero-order valence-corrected chi connectivity index (χ0v) is 17.8. The Hall–Kier alpha value is -1.86. The molecule has 136 valence electrons. The second-order valence-corrected chi connectivity index (χ2v) is 7.50. The van der Waals surface area contributed by atoms with Crippen LogP contribution in [0.3, 0.4) is 0 Å². The summed E-state index contributed by atoms with van der Waals surface area (Å²) in [4.78, 5) is 19.9. The van der Waals surface area contributed by atoms with Gasteiger partial charge >= 0.3 is 0 Å². The standard InChI is InChI=1S/C19H18Br2N2O3/c1-4-25-14-9-12(15(20)16(21)17(14)26-10(2)3)18-22-13-8-6-5-7-11(13)19(24)23-18/h5-10H,4H2,1-3H3,(H,22,23,24). The van der Waals surface area contributed by atoms with Crippen molar-refractivity contribution in [1.29, 1.82) is 0 Å². The van der Waals surface area contributed by atoms with E-state index in [1.165, 1.54) is 0 Å². The highest BCUT2D eigenvalue weighted by atomic mass is 79.9. The Morgan fingerprint density at radius 1 is 1.19 bits per heavy atom. The molecule has 1 N–H and O–H groups in total. The van der Waals surface area contributed by atoms with Crippen LogP contribution >= 0.6 is 31.9 Å². The maximum Gasteiger partial charge on any atom is 0.259 e. The first-order chi connectivity index (χ1) is 12.4. The summed E-state index contributed by atoms with van der Waals surface area (Å²) in [7, 11) is 0. The molecule has 5 nitrogen and oxygen atoms in total. The number of nitrogens with one attached hydrogen (secondary N) is 1. The minimum atomic E-state index is -0.186. The van der Waals surface area contributed by atoms with Crippen LogP contribution < -0.4 is 15.0 Å². The molecule has 7 heteroatoms. The third-order valence-electron chi connectivity index (χ3n) is 3.65. The number of aromatic nitrogens is 2. The van der Waals surface area contributed by atoms with E-state index in [2.05, 4.69) is 41.8 Å². The third-order valence-corrected chi connectivity index (χ3v) is 5.76. The lowest BCUT2D eigenvalue weighted by Gasteiger charge is -2.19. The predicted molar refractivity (Wildman–Crippen MR) is 110 cm³/mol. The minimum absolute atomic E-state index is 0.0122. The van der Waals surface area contributed by atoms with Crippen LogP contribution in [0, 0.1) is 0 Å². The Labute approximate surface area is 168 Å². The smallest absolute Gasteiger partial charge is 0.259 e. The van der Waals surface area contributed by atoms with E-state index >= 15 is 0 Å². The van der Waals surface area contributed by atoms with Crippen molar-refractivity contribution in [2.75, 3.05) is 6.61 Å². The Morgan fingerprint density at radius 3 is 2.62 bits per heavy atom. The predicted octanol–water partition coefficient (Wildman–Crippen LogP) is 5.30. The fraction of sp³-hybridized carbons (Fsp3) is 0.263. The highest BCUT2D eigenvalue weighted by Gasteiger charge is 2.21. The molecule has 0 saturated heterocycles. The average Bonchev–Trinajstić information content (AvgIpc) is 2.61. The van der Waals surface area contributed by atoms with Gasteiger partial charge in [0.15, 0.2) is 11.5 Å². The summed E-state index contributed by atoms with van der Waals surface area (Å²) in [6.45, 7) is 6.30. The largest absolute Gasteiger partial charge is 0.490 e. The van der Waals surface area contributed by atoms with Crippen molar-refractivity contribution in [1.82, 2.24) is 9.97 Å². The number of aromatic amines is 1. The average molecular weight is 482 g/mol. The molecule has 0 bridgehead atoms. The van der Waals surface area contributed by atoms with Crippen LogP contribution in [0.15, 0.2) is 44.1 Å². The zero-order chi connectivity index (χ0) is 18.8. The summed E-state index contributed by atoms with van der Waals surface area (Å²) in [5.41, 5.74) is 1.16. The fourth-order valence-electron chi connectivity index (χ4n) is 2.58. The molecular weight excluding hydrogens is 464 g/mol. The molecule has 0 aliphatic carbocycles. The number of hydrogen-bond acceptors (Lipinski definition) is 4. The number of fused-ring (bicyclic) bond motifs is 1. The summed E-state index contributed by atoms with van der Waals surface area (Å²) in [6, 6.07) is 9.06. The molecule has 0 saturated carbocycles. The van der Waals surface area contributed by atoms with Gasteiger partial charge in [0, 0.05) is 10.0 Å². The van der Waals surface area contributed by atoms with E-state index in [0.717, 1.165) is 4.47 Å². The van der Waals surface area contributed by atoms with E-state index in [-0.39, 0.29) is 11.7 Å². The van der Waals surface area contributed by atoms with Crippen LogP contribution in [0.5, 0.6) is 11.5 Å². The van der Waals surface area contributed by atoms with E-state index < -0.39 is 0 Å². The van der Waals surface area contributed by atoms with Crippen LogP contribution in [0.4, 0.5) is 0 Å². The molecule has 0 spiro atoms. The number of hydrogen-bond donors (Lipinski definition) is 1. The maximum absolute atomic E-state index is 12.4. The molecule has 1 aromatic heterocycles. The lowest BCUT2D eigenvalue weighted by Crippen LogP contribution is -2.11. The van der Waals surface area contributed by atoms with E-state index in [4.69, 9.17) is 9.47 Å². The number of halogens is 2. The summed E-state index contributed by atoms with van der Waals surface area (Å²) >= 11 is 7.16. The molecule has 0 aliphatic rings. The van der Waals surface area contributed by atoms with Gasteiger partial charge in [-0.2, -0.15) is 0 Å². The van der Waals surface area contributed by atoms with Gasteiger partial charge in [-0.25, -0.2) is 4.98 Å². The fourth-order valence-corrected chi connectivity index (χ4v) is 3.57. The molecule has 0 radical (unpaired) electrons. The molecule has 2 aromatic carbocycles. The van der Waals surface area contributed by atoms with Gasteiger partial charge in [0.05, 0.1) is 28.1 Å². The van der Waals surface area contributed by atoms with Gasteiger partial charge in [0.2, 0.25) is 0 Å². The first-order valence-corrected chi connectivity index (χ1v) is 9.81.